The van der Waals surface area contributed by atoms with Crippen molar-refractivity contribution in [3.8, 4) is 0 Å². The summed E-state index contributed by atoms with van der Waals surface area (Å²) in [6.45, 7) is 7.46. The summed E-state index contributed by atoms with van der Waals surface area (Å²) in [6.07, 6.45) is 1.94. The number of nitrogens with zero attached hydrogens (tertiary/aromatic N) is 1. The smallest absolute Gasteiger partial charge is 0.237 e. The molecule has 0 fully saturated rings. The molecule has 0 radical (unpaired) electrons. The molecule has 1 amide bonds. The van der Waals surface area contributed by atoms with Crippen molar-refractivity contribution in [3.05, 3.63) is 35.4 Å². The van der Waals surface area contributed by atoms with E-state index in [4.69, 9.17) is 5.73 Å². The number of likely N-dealkylation sites (N-methyl/N-ethyl adjacent to an activating group) is 1. The van der Waals surface area contributed by atoms with Crippen molar-refractivity contribution in [2.75, 3.05) is 7.05 Å². The Kier molecular flexibility index (Phi) is 7.40. The van der Waals surface area contributed by atoms with Gasteiger partial charge < -0.3 is 11.1 Å². The van der Waals surface area contributed by atoms with Crippen LogP contribution in [0.15, 0.2) is 24.3 Å². The van der Waals surface area contributed by atoms with Crippen LogP contribution in [0, 0.1) is 0 Å². The van der Waals surface area contributed by atoms with Gasteiger partial charge in [-0.15, -0.1) is 0 Å². The normalized spacial score (nSPS) is 12.7. The molecule has 0 spiro atoms. The SMILES string of the molecule is CCC(CC)NC(=O)C(C)N(C)Cc1ccc(CN)cc1. The van der Waals surface area contributed by atoms with Gasteiger partial charge in [0.2, 0.25) is 5.91 Å². The minimum atomic E-state index is -0.139. The largest absolute Gasteiger partial charge is 0.352 e. The van der Waals surface area contributed by atoms with E-state index in [9.17, 15) is 4.79 Å². The highest BCUT2D eigenvalue weighted by Gasteiger charge is 2.19. The molecule has 1 aromatic rings. The number of nitrogens with two attached hydrogens (primary N) is 1. The summed E-state index contributed by atoms with van der Waals surface area (Å²) in [5.74, 6) is 0.102. The number of amides is 1. The molecule has 0 aliphatic heterocycles. The summed E-state index contributed by atoms with van der Waals surface area (Å²) in [6, 6.07) is 8.36. The monoisotopic (exact) mass is 291 g/mol. The van der Waals surface area contributed by atoms with Gasteiger partial charge in [-0.3, -0.25) is 9.69 Å². The zero-order valence-corrected chi connectivity index (χ0v) is 13.7. The average molecular weight is 291 g/mol. The molecule has 4 nitrogen and oxygen atoms in total. The number of hydrogen-bond acceptors (Lipinski definition) is 3. The van der Waals surface area contributed by atoms with Gasteiger partial charge in [0.05, 0.1) is 6.04 Å². The molecule has 0 aliphatic carbocycles. The lowest BCUT2D eigenvalue weighted by Crippen LogP contribution is -2.46. The Balaban J connectivity index is 2.56. The number of hydrogen-bond donors (Lipinski definition) is 2. The van der Waals surface area contributed by atoms with Gasteiger partial charge in [0, 0.05) is 19.1 Å². The predicted octanol–water partition coefficient (Wildman–Crippen LogP) is 2.27. The molecular weight excluding hydrogens is 262 g/mol. The molecule has 1 aromatic carbocycles. The lowest BCUT2D eigenvalue weighted by molar-refractivity contribution is -0.126. The highest BCUT2D eigenvalue weighted by Crippen LogP contribution is 2.09. The Bertz CT molecular complexity index is 426. The Labute approximate surface area is 128 Å². The number of benzene rings is 1. The van der Waals surface area contributed by atoms with E-state index >= 15 is 0 Å². The van der Waals surface area contributed by atoms with E-state index in [2.05, 4.69) is 36.2 Å². The molecule has 0 heterocycles. The van der Waals surface area contributed by atoms with Crippen LogP contribution in [-0.2, 0) is 17.9 Å². The topological polar surface area (TPSA) is 58.4 Å². The first kappa shape index (κ1) is 17.7. The Morgan fingerprint density at radius 3 is 2.19 bits per heavy atom. The summed E-state index contributed by atoms with van der Waals surface area (Å²) >= 11 is 0. The van der Waals surface area contributed by atoms with Gasteiger partial charge in [0.15, 0.2) is 0 Å². The van der Waals surface area contributed by atoms with E-state index in [1.807, 2.05) is 26.1 Å². The molecule has 118 valence electrons. The van der Waals surface area contributed by atoms with Crippen molar-refractivity contribution < 1.29 is 4.79 Å². The summed E-state index contributed by atoms with van der Waals surface area (Å²) in [4.78, 5) is 14.3. The average Bonchev–Trinajstić information content (AvgIpc) is 2.52. The van der Waals surface area contributed by atoms with E-state index in [0.717, 1.165) is 24.9 Å². The standard InChI is InChI=1S/C17H29N3O/c1-5-16(6-2)19-17(21)13(3)20(4)12-15-9-7-14(11-18)8-10-15/h7-10,13,16H,5-6,11-12,18H2,1-4H3,(H,19,21). The molecule has 21 heavy (non-hydrogen) atoms. The molecule has 0 saturated carbocycles. The Morgan fingerprint density at radius 1 is 1.19 bits per heavy atom. The molecule has 1 atom stereocenters. The molecule has 3 N–H and O–H groups in total. The lowest BCUT2D eigenvalue weighted by atomic mass is 10.1. The van der Waals surface area contributed by atoms with Crippen LogP contribution >= 0.6 is 0 Å². The highest BCUT2D eigenvalue weighted by molar-refractivity contribution is 5.81. The van der Waals surface area contributed by atoms with Crippen LogP contribution in [0.4, 0.5) is 0 Å². The number of carbonyl (C=O) groups is 1. The van der Waals surface area contributed by atoms with Crippen molar-refractivity contribution in [1.82, 2.24) is 10.2 Å². The van der Waals surface area contributed by atoms with Gasteiger partial charge in [-0.25, -0.2) is 0 Å². The Hall–Kier alpha value is -1.39. The molecule has 0 aromatic heterocycles. The molecule has 1 unspecified atom stereocenters. The fourth-order valence-electron chi connectivity index (χ4n) is 2.22. The van der Waals surface area contributed by atoms with Gasteiger partial charge in [-0.05, 0) is 37.9 Å². The zero-order chi connectivity index (χ0) is 15.8. The first-order valence-electron chi connectivity index (χ1n) is 7.80. The van der Waals surface area contributed by atoms with Crippen molar-refractivity contribution in [1.29, 1.82) is 0 Å². The summed E-state index contributed by atoms with van der Waals surface area (Å²) < 4.78 is 0. The van der Waals surface area contributed by atoms with E-state index in [0.29, 0.717) is 6.54 Å². The number of rotatable bonds is 8. The van der Waals surface area contributed by atoms with Gasteiger partial charge in [0.1, 0.15) is 0 Å². The van der Waals surface area contributed by atoms with Gasteiger partial charge in [0.25, 0.3) is 0 Å². The van der Waals surface area contributed by atoms with Crippen LogP contribution in [0.3, 0.4) is 0 Å². The maximum absolute atomic E-state index is 12.2. The lowest BCUT2D eigenvalue weighted by Gasteiger charge is -2.26. The van der Waals surface area contributed by atoms with Crippen molar-refractivity contribution in [2.24, 2.45) is 5.73 Å². The van der Waals surface area contributed by atoms with Crippen LogP contribution in [-0.4, -0.2) is 29.9 Å². The second kappa shape index (κ2) is 8.80. The zero-order valence-electron chi connectivity index (χ0n) is 13.7. The molecular formula is C17H29N3O. The quantitative estimate of drug-likeness (QED) is 0.772. The summed E-state index contributed by atoms with van der Waals surface area (Å²) in [7, 11) is 1.98. The van der Waals surface area contributed by atoms with Crippen LogP contribution in [0.1, 0.15) is 44.7 Å². The van der Waals surface area contributed by atoms with Crippen molar-refractivity contribution in [2.45, 2.75) is 58.8 Å². The third-order valence-electron chi connectivity index (χ3n) is 4.06. The number of nitrogens with one attached hydrogen (secondary N) is 1. The second-order valence-electron chi connectivity index (χ2n) is 5.63. The molecule has 0 bridgehead atoms. The molecule has 4 heteroatoms. The fourth-order valence-corrected chi connectivity index (χ4v) is 2.22. The summed E-state index contributed by atoms with van der Waals surface area (Å²) in [5, 5.41) is 3.10. The minimum absolute atomic E-state index is 0.102. The second-order valence-corrected chi connectivity index (χ2v) is 5.63. The van der Waals surface area contributed by atoms with E-state index in [1.54, 1.807) is 0 Å². The van der Waals surface area contributed by atoms with Crippen molar-refractivity contribution in [3.63, 3.8) is 0 Å². The third kappa shape index (κ3) is 5.48. The van der Waals surface area contributed by atoms with E-state index in [-0.39, 0.29) is 18.0 Å². The van der Waals surface area contributed by atoms with E-state index in [1.165, 1.54) is 5.56 Å². The van der Waals surface area contributed by atoms with Gasteiger partial charge in [-0.2, -0.15) is 0 Å². The molecule has 0 saturated heterocycles. The molecule has 1 rings (SSSR count). The van der Waals surface area contributed by atoms with E-state index < -0.39 is 0 Å². The van der Waals surface area contributed by atoms with Crippen LogP contribution in [0.25, 0.3) is 0 Å². The summed E-state index contributed by atoms with van der Waals surface area (Å²) in [5.41, 5.74) is 7.92. The Morgan fingerprint density at radius 2 is 1.71 bits per heavy atom. The minimum Gasteiger partial charge on any atom is -0.352 e. The first-order valence-corrected chi connectivity index (χ1v) is 7.80. The van der Waals surface area contributed by atoms with Gasteiger partial charge in [-0.1, -0.05) is 38.1 Å². The van der Waals surface area contributed by atoms with Crippen LogP contribution in [0.5, 0.6) is 0 Å². The highest BCUT2D eigenvalue weighted by atomic mass is 16.2. The third-order valence-corrected chi connectivity index (χ3v) is 4.06. The van der Waals surface area contributed by atoms with Crippen molar-refractivity contribution >= 4 is 5.91 Å². The maximum atomic E-state index is 12.2. The van der Waals surface area contributed by atoms with Gasteiger partial charge >= 0.3 is 0 Å². The maximum Gasteiger partial charge on any atom is 0.237 e. The first-order chi connectivity index (χ1) is 10.0. The fraction of sp³-hybridized carbons (Fsp3) is 0.588. The van der Waals surface area contributed by atoms with Crippen LogP contribution < -0.4 is 11.1 Å². The number of carbonyl (C=O) groups excluding carboxylic acids is 1. The molecule has 0 aliphatic rings. The van der Waals surface area contributed by atoms with Crippen LogP contribution in [0.2, 0.25) is 0 Å². The predicted molar refractivity (Wildman–Crippen MR) is 87.8 cm³/mol.